The van der Waals surface area contributed by atoms with Crippen LogP contribution in [0.25, 0.3) is 21.0 Å². The number of hydrogen-bond donors (Lipinski definition) is 0. The second-order valence-corrected chi connectivity index (χ2v) is 9.13. The molecule has 32 heavy (non-hydrogen) atoms. The molecule has 2 heterocycles. The minimum Gasteiger partial charge on any atom is -0.283 e. The van der Waals surface area contributed by atoms with Crippen LogP contribution in [0.3, 0.4) is 0 Å². The quantitative estimate of drug-likeness (QED) is 0.327. The normalized spacial score (nSPS) is 11.2. The van der Waals surface area contributed by atoms with Crippen LogP contribution in [0.15, 0.2) is 79.1 Å². The Kier molecular flexibility index (Phi) is 5.41. The van der Waals surface area contributed by atoms with Crippen molar-refractivity contribution < 1.29 is 4.79 Å². The van der Waals surface area contributed by atoms with Crippen LogP contribution in [0.1, 0.15) is 22.3 Å². The summed E-state index contributed by atoms with van der Waals surface area (Å²) in [6.45, 7) is 4.60. The van der Waals surface area contributed by atoms with Crippen molar-refractivity contribution in [3.8, 4) is 0 Å². The number of aromatic nitrogens is 2. The maximum absolute atomic E-state index is 13.6. The topological polar surface area (TPSA) is 46.1 Å². The lowest BCUT2D eigenvalue weighted by atomic mass is 10.0. The first-order valence-electron chi connectivity index (χ1n) is 10.6. The summed E-state index contributed by atoms with van der Waals surface area (Å²) in [4.78, 5) is 24.4. The number of carbonyl (C=O) groups is 1. The van der Waals surface area contributed by atoms with Crippen LogP contribution in [0.5, 0.6) is 0 Å². The fourth-order valence-electron chi connectivity index (χ4n) is 4.03. The minimum atomic E-state index is 0.0255. The second-order valence-electron chi connectivity index (χ2n) is 8.12. The van der Waals surface area contributed by atoms with Crippen molar-refractivity contribution >= 4 is 43.4 Å². The first kappa shape index (κ1) is 20.3. The predicted octanol–water partition coefficient (Wildman–Crippen LogP) is 6.24. The van der Waals surface area contributed by atoms with Gasteiger partial charge in [-0.1, -0.05) is 65.9 Å². The number of pyridine rings is 1. The number of anilines is 1. The van der Waals surface area contributed by atoms with Crippen molar-refractivity contribution in [2.45, 2.75) is 26.8 Å². The van der Waals surface area contributed by atoms with Gasteiger partial charge in [-0.3, -0.25) is 14.7 Å². The van der Waals surface area contributed by atoms with E-state index in [2.05, 4.69) is 55.2 Å². The molecule has 0 radical (unpaired) electrons. The monoisotopic (exact) mass is 437 g/mol. The Labute approximate surface area is 191 Å². The molecule has 5 heteroatoms. The summed E-state index contributed by atoms with van der Waals surface area (Å²) < 4.78 is 1.10. The lowest BCUT2D eigenvalue weighted by Gasteiger charge is -2.20. The Hall–Kier alpha value is -3.57. The average Bonchev–Trinajstić information content (AvgIpc) is 3.22. The Morgan fingerprint density at radius 1 is 0.938 bits per heavy atom. The van der Waals surface area contributed by atoms with Crippen LogP contribution in [0.2, 0.25) is 0 Å². The van der Waals surface area contributed by atoms with Crippen LogP contribution in [-0.4, -0.2) is 15.9 Å². The summed E-state index contributed by atoms with van der Waals surface area (Å²) in [5, 5.41) is 3.04. The summed E-state index contributed by atoms with van der Waals surface area (Å²) >= 11 is 1.57. The van der Waals surface area contributed by atoms with E-state index in [-0.39, 0.29) is 5.91 Å². The van der Waals surface area contributed by atoms with Gasteiger partial charge in [0.25, 0.3) is 0 Å². The fourth-order valence-corrected chi connectivity index (χ4v) is 5.19. The van der Waals surface area contributed by atoms with Crippen LogP contribution in [0.4, 0.5) is 5.13 Å². The molecule has 0 N–H and O–H groups in total. The number of carbonyl (C=O) groups excluding carboxylic acids is 1. The number of rotatable bonds is 5. The molecule has 5 aromatic rings. The number of nitrogens with zero attached hydrogens (tertiary/aromatic N) is 3. The van der Waals surface area contributed by atoms with E-state index in [0.29, 0.717) is 13.0 Å². The average molecular weight is 438 g/mol. The number of aryl methyl sites for hydroxylation is 2. The number of fused-ring (bicyclic) bond motifs is 2. The van der Waals surface area contributed by atoms with Crippen LogP contribution in [0, 0.1) is 13.8 Å². The molecule has 4 nitrogen and oxygen atoms in total. The van der Waals surface area contributed by atoms with Gasteiger partial charge in [-0.05, 0) is 59.0 Å². The molecule has 0 spiro atoms. The summed E-state index contributed by atoms with van der Waals surface area (Å²) in [5.74, 6) is 0.0255. The number of hydrogen-bond acceptors (Lipinski definition) is 4. The van der Waals surface area contributed by atoms with E-state index in [1.54, 1.807) is 28.6 Å². The van der Waals surface area contributed by atoms with Crippen molar-refractivity contribution in [1.82, 2.24) is 9.97 Å². The third-order valence-electron chi connectivity index (χ3n) is 5.58. The third kappa shape index (κ3) is 4.12. The zero-order chi connectivity index (χ0) is 22.1. The van der Waals surface area contributed by atoms with Crippen molar-refractivity contribution in [2.75, 3.05) is 4.90 Å². The Morgan fingerprint density at radius 2 is 1.78 bits per heavy atom. The van der Waals surface area contributed by atoms with Gasteiger partial charge < -0.3 is 0 Å². The standard InChI is InChI=1S/C27H23N3OS/c1-18-12-19(2)26-24(13-18)32-27(29-26)30(17-21-6-5-11-28-16-21)25(31)15-20-9-10-22-7-3-4-8-23(22)14-20/h3-14,16H,15,17H2,1-2H3. The first-order chi connectivity index (χ1) is 15.6. The molecule has 1 amide bonds. The van der Waals surface area contributed by atoms with Crippen molar-refractivity contribution in [1.29, 1.82) is 0 Å². The molecule has 0 saturated heterocycles. The molecule has 0 bridgehead atoms. The second kappa shape index (κ2) is 8.52. The number of thiazole rings is 1. The molecule has 2 aromatic heterocycles. The van der Waals surface area contributed by atoms with Crippen LogP contribution >= 0.6 is 11.3 Å². The lowest BCUT2D eigenvalue weighted by molar-refractivity contribution is -0.118. The highest BCUT2D eigenvalue weighted by Gasteiger charge is 2.21. The first-order valence-corrected chi connectivity index (χ1v) is 11.4. The van der Waals surface area contributed by atoms with Gasteiger partial charge in [0.15, 0.2) is 5.13 Å². The maximum atomic E-state index is 13.6. The summed E-state index contributed by atoms with van der Waals surface area (Å²) in [6, 6.07) is 22.6. The molecule has 0 saturated carbocycles. The van der Waals surface area contributed by atoms with E-state index in [4.69, 9.17) is 4.98 Å². The zero-order valence-corrected chi connectivity index (χ0v) is 18.9. The van der Waals surface area contributed by atoms with Crippen molar-refractivity contribution in [3.63, 3.8) is 0 Å². The molecular formula is C27H23N3OS. The van der Waals surface area contributed by atoms with Gasteiger partial charge >= 0.3 is 0 Å². The maximum Gasteiger partial charge on any atom is 0.233 e. The van der Waals surface area contributed by atoms with Gasteiger partial charge in [-0.2, -0.15) is 0 Å². The van der Waals surface area contributed by atoms with Crippen molar-refractivity contribution in [2.24, 2.45) is 0 Å². The van der Waals surface area contributed by atoms with Gasteiger partial charge in [-0.25, -0.2) is 4.98 Å². The smallest absolute Gasteiger partial charge is 0.233 e. The molecule has 158 valence electrons. The van der Waals surface area contributed by atoms with Crippen molar-refractivity contribution in [3.05, 3.63) is 101 Å². The molecule has 0 atom stereocenters. The Balaban J connectivity index is 1.51. The summed E-state index contributed by atoms with van der Waals surface area (Å²) in [7, 11) is 0. The SMILES string of the molecule is Cc1cc(C)c2nc(N(Cc3cccnc3)C(=O)Cc3ccc4ccccc4c3)sc2c1. The van der Waals surface area contributed by atoms with E-state index in [1.165, 1.54) is 10.9 Å². The number of amides is 1. The lowest BCUT2D eigenvalue weighted by Crippen LogP contribution is -2.31. The molecule has 5 rings (SSSR count). The largest absolute Gasteiger partial charge is 0.283 e. The molecule has 3 aromatic carbocycles. The molecule has 0 aliphatic carbocycles. The van der Waals surface area contributed by atoms with Gasteiger partial charge in [0, 0.05) is 12.4 Å². The van der Waals surface area contributed by atoms with Gasteiger partial charge in [-0.15, -0.1) is 0 Å². The van der Waals surface area contributed by atoms with E-state index in [0.717, 1.165) is 37.4 Å². The molecular weight excluding hydrogens is 414 g/mol. The summed E-state index contributed by atoms with van der Waals surface area (Å²) in [5.41, 5.74) is 5.27. The van der Waals surface area contributed by atoms with E-state index >= 15 is 0 Å². The predicted molar refractivity (Wildman–Crippen MR) is 132 cm³/mol. The highest BCUT2D eigenvalue weighted by molar-refractivity contribution is 7.22. The van der Waals surface area contributed by atoms with Crippen LogP contribution in [-0.2, 0) is 17.8 Å². The van der Waals surface area contributed by atoms with E-state index in [9.17, 15) is 4.79 Å². The summed E-state index contributed by atoms with van der Waals surface area (Å²) in [6.07, 6.45) is 3.87. The minimum absolute atomic E-state index is 0.0255. The fraction of sp³-hybridized carbons (Fsp3) is 0.148. The van der Waals surface area contributed by atoms with Gasteiger partial charge in [0.1, 0.15) is 0 Å². The Bertz CT molecular complexity index is 1430. The van der Waals surface area contributed by atoms with Gasteiger partial charge in [0.05, 0.1) is 23.2 Å². The highest BCUT2D eigenvalue weighted by atomic mass is 32.1. The van der Waals surface area contributed by atoms with Crippen LogP contribution < -0.4 is 4.90 Å². The molecule has 0 unspecified atom stereocenters. The molecule has 0 fully saturated rings. The van der Waals surface area contributed by atoms with Gasteiger partial charge in [0.2, 0.25) is 5.91 Å². The van der Waals surface area contributed by atoms with E-state index < -0.39 is 0 Å². The van der Waals surface area contributed by atoms with E-state index in [1.807, 2.05) is 30.3 Å². The molecule has 0 aliphatic heterocycles. The number of benzene rings is 3. The zero-order valence-electron chi connectivity index (χ0n) is 18.1. The highest BCUT2D eigenvalue weighted by Crippen LogP contribution is 2.33. The third-order valence-corrected chi connectivity index (χ3v) is 6.61. The molecule has 0 aliphatic rings. The Morgan fingerprint density at radius 3 is 2.59 bits per heavy atom.